The third-order valence-electron chi connectivity index (χ3n) is 2.20. The molecule has 0 bridgehead atoms. The Kier molecular flexibility index (Phi) is 6.20. The normalized spacial score (nSPS) is 10.8. The number of halogens is 2. The summed E-state index contributed by atoms with van der Waals surface area (Å²) in [6.45, 7) is 6.98. The van der Waals surface area contributed by atoms with Crippen molar-refractivity contribution in [1.82, 2.24) is 0 Å². The van der Waals surface area contributed by atoms with Crippen LogP contribution in [0.2, 0.25) is 0 Å². The molecule has 110 valence electrons. The summed E-state index contributed by atoms with van der Waals surface area (Å²) in [5.41, 5.74) is 0.331. The molecule has 0 radical (unpaired) electrons. The third-order valence-corrected chi connectivity index (χ3v) is 3.52. The van der Waals surface area contributed by atoms with Gasteiger partial charge in [0.25, 0.3) is 0 Å². The zero-order chi connectivity index (χ0) is 15.4. The molecule has 0 fully saturated rings. The van der Waals surface area contributed by atoms with Gasteiger partial charge >= 0.3 is 11.9 Å². The summed E-state index contributed by atoms with van der Waals surface area (Å²) < 4.78 is 11.3. The lowest BCUT2D eigenvalue weighted by atomic mass is 10.1. The van der Waals surface area contributed by atoms with Crippen LogP contribution in [-0.4, -0.2) is 24.1 Å². The summed E-state index contributed by atoms with van der Waals surface area (Å²) in [6, 6.07) is 3.35. The molecule has 0 spiro atoms. The van der Waals surface area contributed by atoms with Gasteiger partial charge < -0.3 is 9.47 Å². The van der Waals surface area contributed by atoms with E-state index in [1.807, 2.05) is 0 Å². The number of ether oxygens (including phenoxy) is 2. The average Bonchev–Trinajstić information content (AvgIpc) is 2.29. The zero-order valence-corrected chi connectivity index (χ0v) is 14.9. The quantitative estimate of drug-likeness (QED) is 0.696. The topological polar surface area (TPSA) is 52.6 Å². The summed E-state index contributed by atoms with van der Waals surface area (Å²) in [7, 11) is 0. The monoisotopic (exact) mass is 406 g/mol. The first-order valence-electron chi connectivity index (χ1n) is 6.14. The van der Waals surface area contributed by atoms with Gasteiger partial charge in [0.15, 0.2) is 0 Å². The molecule has 0 aliphatic carbocycles. The highest BCUT2D eigenvalue weighted by molar-refractivity contribution is 9.11. The molecule has 0 heterocycles. The van der Waals surface area contributed by atoms with Crippen LogP contribution in [-0.2, 0) is 9.47 Å². The summed E-state index contributed by atoms with van der Waals surface area (Å²) in [6.07, 6.45) is -0.551. The largest absolute Gasteiger partial charge is 0.459 e. The van der Waals surface area contributed by atoms with Crippen molar-refractivity contribution in [3.8, 4) is 0 Å². The van der Waals surface area contributed by atoms with E-state index in [0.29, 0.717) is 8.95 Å². The van der Waals surface area contributed by atoms with Gasteiger partial charge in [-0.15, -0.1) is 0 Å². The highest BCUT2D eigenvalue weighted by Gasteiger charge is 2.26. The fraction of sp³-hybridized carbons (Fsp3) is 0.429. The number of hydrogen-bond donors (Lipinski definition) is 0. The maximum absolute atomic E-state index is 12.2. The predicted octanol–water partition coefficient (Wildman–Crippen LogP) is 4.34. The molecule has 0 atom stereocenters. The second-order valence-corrected chi connectivity index (χ2v) is 6.40. The minimum atomic E-state index is -0.566. The van der Waals surface area contributed by atoms with Crippen molar-refractivity contribution in [2.24, 2.45) is 0 Å². The number of benzene rings is 1. The Balaban J connectivity index is 3.31. The van der Waals surface area contributed by atoms with Gasteiger partial charge in [-0.3, -0.25) is 0 Å². The van der Waals surface area contributed by atoms with Crippen molar-refractivity contribution in [2.75, 3.05) is 0 Å². The van der Waals surface area contributed by atoms with Crippen LogP contribution in [0, 0.1) is 0 Å². The molecule has 4 nitrogen and oxygen atoms in total. The van der Waals surface area contributed by atoms with E-state index in [1.165, 1.54) is 0 Å². The number of esters is 2. The molecule has 1 rings (SSSR count). The van der Waals surface area contributed by atoms with Crippen LogP contribution in [0.15, 0.2) is 21.1 Å². The van der Waals surface area contributed by atoms with Gasteiger partial charge in [0.1, 0.15) is 0 Å². The van der Waals surface area contributed by atoms with E-state index in [-0.39, 0.29) is 23.3 Å². The van der Waals surface area contributed by atoms with E-state index in [0.717, 1.165) is 0 Å². The van der Waals surface area contributed by atoms with Crippen molar-refractivity contribution >= 4 is 43.8 Å². The van der Waals surface area contributed by atoms with E-state index in [1.54, 1.807) is 39.8 Å². The summed E-state index contributed by atoms with van der Waals surface area (Å²) in [5, 5.41) is 0. The van der Waals surface area contributed by atoms with Gasteiger partial charge in [-0.1, -0.05) is 0 Å². The lowest BCUT2D eigenvalue weighted by Gasteiger charge is -2.15. The first-order valence-corrected chi connectivity index (χ1v) is 7.72. The molecule has 0 saturated carbocycles. The molecule has 0 aliphatic rings. The van der Waals surface area contributed by atoms with Gasteiger partial charge in [-0.25, -0.2) is 9.59 Å². The van der Waals surface area contributed by atoms with Crippen LogP contribution in [0.25, 0.3) is 0 Å². The number of carbonyl (C=O) groups is 2. The second-order valence-electron chi connectivity index (χ2n) is 4.69. The Morgan fingerprint density at radius 2 is 1.15 bits per heavy atom. The summed E-state index contributed by atoms with van der Waals surface area (Å²) in [5.74, 6) is -1.13. The fourth-order valence-electron chi connectivity index (χ4n) is 1.50. The van der Waals surface area contributed by atoms with Crippen molar-refractivity contribution in [2.45, 2.75) is 39.9 Å². The first-order chi connectivity index (χ1) is 9.23. The SMILES string of the molecule is CC(C)OC(=O)c1c(Br)ccc(Br)c1C(=O)OC(C)C. The molecular weight excluding hydrogens is 392 g/mol. The fourth-order valence-corrected chi connectivity index (χ4v) is 2.48. The Labute approximate surface area is 135 Å². The molecule has 1 aromatic rings. The molecular formula is C14H16Br2O4. The standard InChI is InChI=1S/C14H16Br2O4/c1-7(2)19-13(17)11-9(15)5-6-10(16)12(11)14(18)20-8(3)4/h5-8H,1-4H3. The molecule has 0 aliphatic heterocycles. The van der Waals surface area contributed by atoms with Crippen molar-refractivity contribution in [1.29, 1.82) is 0 Å². The van der Waals surface area contributed by atoms with Crippen molar-refractivity contribution < 1.29 is 19.1 Å². The maximum Gasteiger partial charge on any atom is 0.340 e. The van der Waals surface area contributed by atoms with Crippen LogP contribution in [0.4, 0.5) is 0 Å². The van der Waals surface area contributed by atoms with Gasteiger partial charge in [0, 0.05) is 8.95 Å². The minimum Gasteiger partial charge on any atom is -0.459 e. The Bertz CT molecular complexity index is 477. The molecule has 20 heavy (non-hydrogen) atoms. The highest BCUT2D eigenvalue weighted by Crippen LogP contribution is 2.29. The molecule has 1 aromatic carbocycles. The third kappa shape index (κ3) is 4.31. The Morgan fingerprint density at radius 3 is 1.40 bits per heavy atom. The van der Waals surface area contributed by atoms with Crippen molar-refractivity contribution in [3.63, 3.8) is 0 Å². The molecule has 0 amide bonds. The Hall–Kier alpha value is -0.880. The number of carbonyl (C=O) groups excluding carboxylic acids is 2. The predicted molar refractivity (Wildman–Crippen MR) is 82.9 cm³/mol. The van der Waals surface area contributed by atoms with Crippen LogP contribution in [0.5, 0.6) is 0 Å². The highest BCUT2D eigenvalue weighted by atomic mass is 79.9. The van der Waals surface area contributed by atoms with Crippen LogP contribution >= 0.6 is 31.9 Å². The number of hydrogen-bond acceptors (Lipinski definition) is 4. The smallest absolute Gasteiger partial charge is 0.340 e. The first kappa shape index (κ1) is 17.2. The van der Waals surface area contributed by atoms with E-state index in [2.05, 4.69) is 31.9 Å². The molecule has 0 saturated heterocycles. The van der Waals surface area contributed by atoms with E-state index in [9.17, 15) is 9.59 Å². The molecule has 0 N–H and O–H groups in total. The van der Waals surface area contributed by atoms with E-state index >= 15 is 0 Å². The molecule has 0 unspecified atom stereocenters. The van der Waals surface area contributed by atoms with E-state index in [4.69, 9.17) is 9.47 Å². The lowest BCUT2D eigenvalue weighted by molar-refractivity contribution is 0.0326. The minimum absolute atomic E-state index is 0.165. The van der Waals surface area contributed by atoms with Crippen LogP contribution in [0.3, 0.4) is 0 Å². The van der Waals surface area contributed by atoms with Gasteiger partial charge in [0.2, 0.25) is 0 Å². The zero-order valence-electron chi connectivity index (χ0n) is 11.7. The van der Waals surface area contributed by atoms with Crippen LogP contribution < -0.4 is 0 Å². The lowest BCUT2D eigenvalue weighted by Crippen LogP contribution is -2.20. The average molecular weight is 408 g/mol. The van der Waals surface area contributed by atoms with Crippen LogP contribution in [0.1, 0.15) is 48.4 Å². The molecule has 6 heteroatoms. The van der Waals surface area contributed by atoms with Gasteiger partial charge in [0.05, 0.1) is 23.3 Å². The summed E-state index contributed by atoms with van der Waals surface area (Å²) >= 11 is 6.55. The van der Waals surface area contributed by atoms with Crippen molar-refractivity contribution in [3.05, 3.63) is 32.2 Å². The van der Waals surface area contributed by atoms with Gasteiger partial charge in [-0.05, 0) is 71.7 Å². The van der Waals surface area contributed by atoms with E-state index < -0.39 is 11.9 Å². The second kappa shape index (κ2) is 7.22. The number of rotatable bonds is 4. The summed E-state index contributed by atoms with van der Waals surface area (Å²) in [4.78, 5) is 24.3. The Morgan fingerprint density at radius 1 is 0.850 bits per heavy atom. The van der Waals surface area contributed by atoms with Gasteiger partial charge in [-0.2, -0.15) is 0 Å². The molecule has 0 aromatic heterocycles. The maximum atomic E-state index is 12.2.